The third-order valence-corrected chi connectivity index (χ3v) is 4.28. The summed E-state index contributed by atoms with van der Waals surface area (Å²) in [6.45, 7) is 7.10. The predicted molar refractivity (Wildman–Crippen MR) is 94.3 cm³/mol. The number of allylic oxidation sites excluding steroid dienone is 1. The van der Waals surface area contributed by atoms with Gasteiger partial charge in [-0.3, -0.25) is 9.59 Å². The van der Waals surface area contributed by atoms with Crippen LogP contribution >= 0.6 is 0 Å². The molecule has 124 valence electrons. The summed E-state index contributed by atoms with van der Waals surface area (Å²) in [5, 5.41) is 2.90. The van der Waals surface area contributed by atoms with Crippen molar-refractivity contribution in [1.82, 2.24) is 5.32 Å². The maximum absolute atomic E-state index is 12.7. The van der Waals surface area contributed by atoms with Crippen molar-refractivity contribution in [1.29, 1.82) is 0 Å². The molecule has 1 amide bonds. The van der Waals surface area contributed by atoms with Gasteiger partial charge in [-0.2, -0.15) is 0 Å². The van der Waals surface area contributed by atoms with Gasteiger partial charge in [-0.25, -0.2) is 0 Å². The Balaban J connectivity index is 2.24. The predicted octanol–water partition coefficient (Wildman–Crippen LogP) is 4.38. The van der Waals surface area contributed by atoms with Gasteiger partial charge in [0, 0.05) is 12.1 Å². The first-order chi connectivity index (χ1) is 11.1. The van der Waals surface area contributed by atoms with Crippen LogP contribution in [0.5, 0.6) is 0 Å². The molecule has 3 nitrogen and oxygen atoms in total. The average molecular weight is 313 g/mol. The number of Topliss-reactive ketones (excluding diaryl/α,β-unsaturated/α-hetero) is 1. The Hall–Kier alpha value is -1.90. The molecule has 2 rings (SSSR count). The van der Waals surface area contributed by atoms with E-state index in [4.69, 9.17) is 0 Å². The van der Waals surface area contributed by atoms with Crippen molar-refractivity contribution in [3.05, 3.63) is 41.0 Å². The standard InChI is InChI=1S/C20H27NO2/c1-4-5-13-21-20(23)18-16(12-8-9-14(2)3)15-10-6-7-11-17(15)19(18)22/h6-7,10-11,14H,4-5,8-9,12-13H2,1-3H3,(H,21,23). The lowest BCUT2D eigenvalue weighted by Gasteiger charge is -2.09. The second-order valence-electron chi connectivity index (χ2n) is 6.62. The lowest BCUT2D eigenvalue weighted by Crippen LogP contribution is -2.28. The number of benzene rings is 1. The van der Waals surface area contributed by atoms with Crippen LogP contribution in [0.3, 0.4) is 0 Å². The largest absolute Gasteiger partial charge is 0.352 e. The highest BCUT2D eigenvalue weighted by molar-refractivity contribution is 6.34. The molecule has 0 heterocycles. The number of hydrogen-bond donors (Lipinski definition) is 1. The number of amides is 1. The maximum atomic E-state index is 12.7. The molecule has 1 aromatic carbocycles. The zero-order valence-electron chi connectivity index (χ0n) is 14.4. The molecule has 1 N–H and O–H groups in total. The lowest BCUT2D eigenvalue weighted by molar-refractivity contribution is -0.117. The summed E-state index contributed by atoms with van der Waals surface area (Å²) in [7, 11) is 0. The van der Waals surface area contributed by atoms with E-state index in [0.29, 0.717) is 23.6 Å². The van der Waals surface area contributed by atoms with Crippen molar-refractivity contribution in [2.45, 2.75) is 52.9 Å². The lowest BCUT2D eigenvalue weighted by atomic mass is 9.97. The molecule has 0 unspecified atom stereocenters. The third kappa shape index (κ3) is 4.10. The molecule has 0 radical (unpaired) electrons. The first kappa shape index (κ1) is 17.5. The SMILES string of the molecule is CCCCNC(=O)C1=C(CCCC(C)C)c2ccccc2C1=O. The average Bonchev–Trinajstić information content (AvgIpc) is 2.80. The highest BCUT2D eigenvalue weighted by Gasteiger charge is 2.32. The third-order valence-electron chi connectivity index (χ3n) is 4.28. The van der Waals surface area contributed by atoms with E-state index in [2.05, 4.69) is 26.1 Å². The van der Waals surface area contributed by atoms with E-state index in [9.17, 15) is 9.59 Å². The topological polar surface area (TPSA) is 46.2 Å². The molecule has 0 fully saturated rings. The Morgan fingerprint density at radius 2 is 1.83 bits per heavy atom. The summed E-state index contributed by atoms with van der Waals surface area (Å²) >= 11 is 0. The van der Waals surface area contributed by atoms with Gasteiger partial charge in [-0.05, 0) is 36.3 Å². The second kappa shape index (κ2) is 8.09. The summed E-state index contributed by atoms with van der Waals surface area (Å²) in [4.78, 5) is 25.2. The molecule has 1 aromatic rings. The van der Waals surface area contributed by atoms with Gasteiger partial charge >= 0.3 is 0 Å². The highest BCUT2D eigenvalue weighted by Crippen LogP contribution is 2.36. The van der Waals surface area contributed by atoms with Gasteiger partial charge in [-0.1, -0.05) is 57.9 Å². The number of hydrogen-bond acceptors (Lipinski definition) is 2. The molecule has 0 saturated carbocycles. The number of rotatable bonds is 8. The molecule has 3 heteroatoms. The molecule has 0 bridgehead atoms. The van der Waals surface area contributed by atoms with Gasteiger partial charge in [0.15, 0.2) is 5.78 Å². The fourth-order valence-electron chi connectivity index (χ4n) is 3.00. The molecule has 1 aliphatic rings. The van der Waals surface area contributed by atoms with Gasteiger partial charge in [0.05, 0.1) is 5.57 Å². The van der Waals surface area contributed by atoms with Gasteiger partial charge in [0.25, 0.3) is 5.91 Å². The Kier molecular flexibility index (Phi) is 6.14. The van der Waals surface area contributed by atoms with Crippen LogP contribution < -0.4 is 5.32 Å². The van der Waals surface area contributed by atoms with E-state index in [-0.39, 0.29) is 11.7 Å². The molecular weight excluding hydrogens is 286 g/mol. The van der Waals surface area contributed by atoms with Crippen LogP contribution in [0.25, 0.3) is 5.57 Å². The van der Waals surface area contributed by atoms with Gasteiger partial charge in [-0.15, -0.1) is 0 Å². The zero-order chi connectivity index (χ0) is 16.8. The Morgan fingerprint density at radius 3 is 2.48 bits per heavy atom. The fraction of sp³-hybridized carbons (Fsp3) is 0.500. The molecule has 0 saturated heterocycles. The van der Waals surface area contributed by atoms with Crippen LogP contribution in [0.4, 0.5) is 0 Å². The van der Waals surface area contributed by atoms with E-state index in [0.717, 1.165) is 43.2 Å². The number of unbranched alkanes of at least 4 members (excludes halogenated alkanes) is 1. The van der Waals surface area contributed by atoms with E-state index in [1.54, 1.807) is 0 Å². The van der Waals surface area contributed by atoms with Crippen LogP contribution in [-0.4, -0.2) is 18.2 Å². The van der Waals surface area contributed by atoms with E-state index in [1.165, 1.54) is 0 Å². The minimum Gasteiger partial charge on any atom is -0.352 e. The fourth-order valence-corrected chi connectivity index (χ4v) is 3.00. The highest BCUT2D eigenvalue weighted by atomic mass is 16.2. The molecule has 0 aliphatic heterocycles. The Bertz CT molecular complexity index is 614. The summed E-state index contributed by atoms with van der Waals surface area (Å²) in [6, 6.07) is 7.59. The number of carbonyl (C=O) groups is 2. The summed E-state index contributed by atoms with van der Waals surface area (Å²) in [5.74, 6) is 0.304. The van der Waals surface area contributed by atoms with Crippen molar-refractivity contribution in [2.75, 3.05) is 6.54 Å². The Morgan fingerprint density at radius 1 is 1.13 bits per heavy atom. The van der Waals surface area contributed by atoms with E-state index >= 15 is 0 Å². The minimum absolute atomic E-state index is 0.117. The zero-order valence-corrected chi connectivity index (χ0v) is 14.4. The van der Waals surface area contributed by atoms with Crippen molar-refractivity contribution in [2.24, 2.45) is 5.92 Å². The summed E-state index contributed by atoms with van der Waals surface area (Å²) < 4.78 is 0. The van der Waals surface area contributed by atoms with E-state index in [1.807, 2.05) is 24.3 Å². The second-order valence-corrected chi connectivity index (χ2v) is 6.62. The number of fused-ring (bicyclic) bond motifs is 1. The molecule has 0 atom stereocenters. The van der Waals surface area contributed by atoms with Crippen molar-refractivity contribution in [3.8, 4) is 0 Å². The van der Waals surface area contributed by atoms with Crippen molar-refractivity contribution in [3.63, 3.8) is 0 Å². The summed E-state index contributed by atoms with van der Waals surface area (Å²) in [6.07, 6.45) is 4.85. The summed E-state index contributed by atoms with van der Waals surface area (Å²) in [5.41, 5.74) is 2.92. The Labute approximate surface area is 139 Å². The minimum atomic E-state index is -0.209. The quantitative estimate of drug-likeness (QED) is 0.572. The van der Waals surface area contributed by atoms with Crippen molar-refractivity contribution < 1.29 is 9.59 Å². The molecule has 1 aliphatic carbocycles. The van der Waals surface area contributed by atoms with Gasteiger partial charge in [0.1, 0.15) is 0 Å². The monoisotopic (exact) mass is 313 g/mol. The normalized spacial score (nSPS) is 13.7. The van der Waals surface area contributed by atoms with Crippen LogP contribution in [0.2, 0.25) is 0 Å². The molecule has 23 heavy (non-hydrogen) atoms. The smallest absolute Gasteiger partial charge is 0.255 e. The maximum Gasteiger partial charge on any atom is 0.255 e. The first-order valence-electron chi connectivity index (χ1n) is 8.71. The molecule has 0 spiro atoms. The number of nitrogens with one attached hydrogen (secondary N) is 1. The van der Waals surface area contributed by atoms with Gasteiger partial charge < -0.3 is 5.32 Å². The van der Waals surface area contributed by atoms with Crippen molar-refractivity contribution >= 4 is 17.3 Å². The van der Waals surface area contributed by atoms with Crippen LogP contribution in [0.1, 0.15) is 68.8 Å². The van der Waals surface area contributed by atoms with E-state index < -0.39 is 0 Å². The number of carbonyl (C=O) groups excluding carboxylic acids is 2. The van der Waals surface area contributed by atoms with Crippen LogP contribution in [0.15, 0.2) is 29.8 Å². The first-order valence-corrected chi connectivity index (χ1v) is 8.71. The van der Waals surface area contributed by atoms with Gasteiger partial charge in [0.2, 0.25) is 0 Å². The van der Waals surface area contributed by atoms with Crippen LogP contribution in [0, 0.1) is 5.92 Å². The van der Waals surface area contributed by atoms with Crippen LogP contribution in [-0.2, 0) is 4.79 Å². The number of ketones is 1. The molecule has 0 aromatic heterocycles. The molecular formula is C20H27NO2.